The molecule has 1 aliphatic heterocycles. The summed E-state index contributed by atoms with van der Waals surface area (Å²) in [6.45, 7) is 0.714. The number of ketones is 1. The van der Waals surface area contributed by atoms with Crippen LogP contribution in [0.25, 0.3) is 5.69 Å². The van der Waals surface area contributed by atoms with Gasteiger partial charge in [0.1, 0.15) is 13.2 Å². The number of para-hydroxylation sites is 1. The summed E-state index contributed by atoms with van der Waals surface area (Å²) in [6.07, 6.45) is 0. The quantitative estimate of drug-likeness (QED) is 0.331. The molecule has 0 atom stereocenters. The highest BCUT2D eigenvalue weighted by molar-refractivity contribution is 6.14. The van der Waals surface area contributed by atoms with Crippen molar-refractivity contribution in [2.24, 2.45) is 0 Å². The molecule has 0 radical (unpaired) electrons. The van der Waals surface area contributed by atoms with Gasteiger partial charge in [0, 0.05) is 11.1 Å². The van der Waals surface area contributed by atoms with Crippen LogP contribution in [0.15, 0.2) is 72.8 Å². The van der Waals surface area contributed by atoms with Crippen LogP contribution in [0.4, 0.5) is 0 Å². The number of benzene rings is 3. The number of tetrazole rings is 1. The van der Waals surface area contributed by atoms with Gasteiger partial charge in [0.05, 0.1) is 11.3 Å². The van der Waals surface area contributed by atoms with Gasteiger partial charge in [-0.05, 0) is 46.8 Å². The van der Waals surface area contributed by atoms with E-state index in [2.05, 4.69) is 15.5 Å². The highest BCUT2D eigenvalue weighted by atomic mass is 16.6. The lowest BCUT2D eigenvalue weighted by Gasteiger charge is -2.18. The van der Waals surface area contributed by atoms with Crippen molar-refractivity contribution in [1.29, 1.82) is 0 Å². The molecule has 9 heteroatoms. The number of carbonyl (C=O) groups excluding carboxylic acids is 2. The normalized spacial score (nSPS) is 12.2. The lowest BCUT2D eigenvalue weighted by atomic mass is 9.98. The number of aromatic nitrogens is 4. The topological polar surface area (TPSA) is 105 Å². The Kier molecular flexibility index (Phi) is 5.50. The van der Waals surface area contributed by atoms with Gasteiger partial charge in [-0.2, -0.15) is 4.68 Å². The monoisotopic (exact) mass is 442 g/mol. The van der Waals surface area contributed by atoms with E-state index in [1.165, 1.54) is 4.68 Å². The molecule has 3 aromatic carbocycles. The Hall–Kier alpha value is -4.53. The van der Waals surface area contributed by atoms with Crippen LogP contribution in [-0.2, 0) is 11.3 Å². The maximum Gasteiger partial charge on any atom is 0.339 e. The molecular formula is C24H18N4O5. The Morgan fingerprint density at radius 3 is 2.42 bits per heavy atom. The zero-order valence-corrected chi connectivity index (χ0v) is 17.4. The van der Waals surface area contributed by atoms with Crippen molar-refractivity contribution in [2.45, 2.75) is 6.61 Å². The molecule has 33 heavy (non-hydrogen) atoms. The molecule has 0 spiro atoms. The molecule has 0 saturated carbocycles. The van der Waals surface area contributed by atoms with Gasteiger partial charge in [0.15, 0.2) is 29.7 Å². The van der Waals surface area contributed by atoms with Crippen LogP contribution in [0, 0.1) is 0 Å². The molecule has 1 aromatic heterocycles. The molecule has 164 valence electrons. The van der Waals surface area contributed by atoms with E-state index in [0.29, 0.717) is 36.1 Å². The van der Waals surface area contributed by atoms with Crippen molar-refractivity contribution in [3.05, 3.63) is 95.3 Å². The number of ether oxygens (including phenoxy) is 3. The minimum atomic E-state index is -0.654. The van der Waals surface area contributed by atoms with Crippen molar-refractivity contribution >= 4 is 11.8 Å². The largest absolute Gasteiger partial charge is 0.486 e. The summed E-state index contributed by atoms with van der Waals surface area (Å²) in [5.41, 5.74) is 1.49. The average molecular weight is 442 g/mol. The first kappa shape index (κ1) is 20.4. The van der Waals surface area contributed by atoms with Gasteiger partial charge < -0.3 is 14.2 Å². The maximum atomic E-state index is 13.2. The number of hydrogen-bond acceptors (Lipinski definition) is 8. The van der Waals surface area contributed by atoms with E-state index in [-0.39, 0.29) is 23.5 Å². The molecule has 0 amide bonds. The standard InChI is InChI=1S/C24H18N4O5/c29-23(16-10-11-20-21(14-16)32-13-12-31-20)18-8-4-5-9-19(18)24(30)33-15-22-25-26-27-28(22)17-6-2-1-3-7-17/h1-11,14H,12-13,15H2. The van der Waals surface area contributed by atoms with Crippen LogP contribution >= 0.6 is 0 Å². The highest BCUT2D eigenvalue weighted by Gasteiger charge is 2.22. The molecule has 4 aromatic rings. The summed E-state index contributed by atoms with van der Waals surface area (Å²) in [6, 6.07) is 20.7. The Morgan fingerprint density at radius 2 is 1.61 bits per heavy atom. The van der Waals surface area contributed by atoms with Crippen LogP contribution in [-0.4, -0.2) is 45.2 Å². The fourth-order valence-corrected chi connectivity index (χ4v) is 3.47. The van der Waals surface area contributed by atoms with Crippen molar-refractivity contribution in [3.63, 3.8) is 0 Å². The molecule has 5 rings (SSSR count). The molecule has 0 saturated heterocycles. The van der Waals surface area contributed by atoms with Gasteiger partial charge in [-0.25, -0.2) is 4.79 Å². The van der Waals surface area contributed by atoms with Crippen molar-refractivity contribution < 1.29 is 23.8 Å². The Labute approximate surface area is 188 Å². The summed E-state index contributed by atoms with van der Waals surface area (Å²) in [4.78, 5) is 26.1. The molecular weight excluding hydrogens is 424 g/mol. The van der Waals surface area contributed by atoms with E-state index >= 15 is 0 Å². The number of rotatable bonds is 6. The number of nitrogens with zero attached hydrogens (tertiary/aromatic N) is 4. The lowest BCUT2D eigenvalue weighted by Crippen LogP contribution is -2.17. The Balaban J connectivity index is 1.36. The molecule has 0 unspecified atom stereocenters. The zero-order valence-electron chi connectivity index (χ0n) is 17.4. The number of esters is 1. The smallest absolute Gasteiger partial charge is 0.339 e. The summed E-state index contributed by atoms with van der Waals surface area (Å²) >= 11 is 0. The molecule has 1 aliphatic rings. The van der Waals surface area contributed by atoms with E-state index in [1.807, 2.05) is 30.3 Å². The third-order valence-electron chi connectivity index (χ3n) is 5.06. The third kappa shape index (κ3) is 4.16. The molecule has 0 aliphatic carbocycles. The van der Waals surface area contributed by atoms with E-state index in [1.54, 1.807) is 42.5 Å². The second kappa shape index (κ2) is 8.91. The highest BCUT2D eigenvalue weighted by Crippen LogP contribution is 2.31. The lowest BCUT2D eigenvalue weighted by molar-refractivity contribution is 0.0457. The van der Waals surface area contributed by atoms with Crippen LogP contribution < -0.4 is 9.47 Å². The van der Waals surface area contributed by atoms with Crippen molar-refractivity contribution in [2.75, 3.05) is 13.2 Å². The van der Waals surface area contributed by atoms with Crippen LogP contribution in [0.5, 0.6) is 11.5 Å². The van der Waals surface area contributed by atoms with E-state index in [9.17, 15) is 9.59 Å². The minimum absolute atomic E-state index is 0.149. The number of fused-ring (bicyclic) bond motifs is 1. The first-order chi connectivity index (χ1) is 16.2. The van der Waals surface area contributed by atoms with Gasteiger partial charge >= 0.3 is 5.97 Å². The van der Waals surface area contributed by atoms with Gasteiger partial charge in [0.2, 0.25) is 0 Å². The summed E-state index contributed by atoms with van der Waals surface area (Å²) < 4.78 is 18.0. The second-order valence-electron chi connectivity index (χ2n) is 7.15. The Morgan fingerprint density at radius 1 is 0.879 bits per heavy atom. The first-order valence-corrected chi connectivity index (χ1v) is 10.2. The molecule has 0 bridgehead atoms. The van der Waals surface area contributed by atoms with Gasteiger partial charge in [0.25, 0.3) is 0 Å². The van der Waals surface area contributed by atoms with Crippen LogP contribution in [0.3, 0.4) is 0 Å². The van der Waals surface area contributed by atoms with Crippen LogP contribution in [0.2, 0.25) is 0 Å². The summed E-state index contributed by atoms with van der Waals surface area (Å²) in [5.74, 6) is 0.458. The van der Waals surface area contributed by atoms with E-state index in [4.69, 9.17) is 14.2 Å². The molecule has 2 heterocycles. The number of hydrogen-bond donors (Lipinski definition) is 0. The molecule has 9 nitrogen and oxygen atoms in total. The Bertz CT molecular complexity index is 1320. The van der Waals surface area contributed by atoms with E-state index < -0.39 is 5.97 Å². The van der Waals surface area contributed by atoms with Gasteiger partial charge in [-0.3, -0.25) is 4.79 Å². The predicted octanol–water partition coefficient (Wildman–Crippen LogP) is 3.02. The fourth-order valence-electron chi connectivity index (χ4n) is 3.47. The zero-order chi connectivity index (χ0) is 22.6. The molecule has 0 fully saturated rings. The maximum absolute atomic E-state index is 13.2. The summed E-state index contributed by atoms with van der Waals surface area (Å²) in [5, 5.41) is 11.5. The SMILES string of the molecule is O=C(OCc1nnnn1-c1ccccc1)c1ccccc1C(=O)c1ccc2c(c1)OCCO2. The van der Waals surface area contributed by atoms with Crippen molar-refractivity contribution in [3.8, 4) is 17.2 Å². The summed E-state index contributed by atoms with van der Waals surface area (Å²) in [7, 11) is 0. The van der Waals surface area contributed by atoms with E-state index in [0.717, 1.165) is 5.69 Å². The number of carbonyl (C=O) groups is 2. The van der Waals surface area contributed by atoms with Gasteiger partial charge in [-0.1, -0.05) is 36.4 Å². The van der Waals surface area contributed by atoms with Crippen molar-refractivity contribution in [1.82, 2.24) is 20.2 Å². The van der Waals surface area contributed by atoms with Gasteiger partial charge in [-0.15, -0.1) is 5.10 Å². The third-order valence-corrected chi connectivity index (χ3v) is 5.06. The second-order valence-corrected chi connectivity index (χ2v) is 7.15. The predicted molar refractivity (Wildman–Crippen MR) is 116 cm³/mol. The average Bonchev–Trinajstić information content (AvgIpc) is 3.36. The minimum Gasteiger partial charge on any atom is -0.486 e. The fraction of sp³-hybridized carbons (Fsp3) is 0.125. The molecule has 0 N–H and O–H groups in total. The van der Waals surface area contributed by atoms with Crippen LogP contribution in [0.1, 0.15) is 32.1 Å². The first-order valence-electron chi connectivity index (χ1n) is 10.2.